The summed E-state index contributed by atoms with van der Waals surface area (Å²) in [6.45, 7) is 2.40. The predicted molar refractivity (Wildman–Crippen MR) is 85.2 cm³/mol. The molecule has 1 fully saturated rings. The standard InChI is InChI=1S/C16H22N2OS/c1-18(12-6-8-19-9-7-12)15(10-17)14-11-20-16-5-3-2-4-13(14)16/h2-5,11-12,15H,6-10,17H2,1H3. The molecule has 4 heteroatoms. The maximum atomic E-state index is 6.09. The molecule has 20 heavy (non-hydrogen) atoms. The van der Waals surface area contributed by atoms with Gasteiger partial charge in [-0.2, -0.15) is 0 Å². The Labute approximate surface area is 124 Å². The molecule has 1 aromatic carbocycles. The molecule has 0 radical (unpaired) electrons. The molecule has 0 amide bonds. The molecule has 2 N–H and O–H groups in total. The summed E-state index contributed by atoms with van der Waals surface area (Å²) in [4.78, 5) is 2.46. The highest BCUT2D eigenvalue weighted by Crippen LogP contribution is 2.34. The predicted octanol–water partition coefficient (Wildman–Crippen LogP) is 3.01. The Bertz CT molecular complexity index is 562. The van der Waals surface area contributed by atoms with Crippen LogP contribution in [0.3, 0.4) is 0 Å². The molecule has 2 aromatic rings. The van der Waals surface area contributed by atoms with Crippen molar-refractivity contribution in [2.75, 3.05) is 26.8 Å². The van der Waals surface area contributed by atoms with Gasteiger partial charge in [-0.1, -0.05) is 18.2 Å². The normalized spacial score (nSPS) is 18.8. The lowest BCUT2D eigenvalue weighted by Gasteiger charge is -2.36. The Morgan fingerprint density at radius 3 is 2.85 bits per heavy atom. The van der Waals surface area contributed by atoms with Gasteiger partial charge in [-0.3, -0.25) is 4.90 Å². The SMILES string of the molecule is CN(C1CCOCC1)C(CN)c1csc2ccccc12. The summed E-state index contributed by atoms with van der Waals surface area (Å²) in [7, 11) is 2.21. The van der Waals surface area contributed by atoms with Crippen LogP contribution in [0.4, 0.5) is 0 Å². The third kappa shape index (κ3) is 2.61. The molecule has 1 atom stereocenters. The Balaban J connectivity index is 1.88. The highest BCUT2D eigenvalue weighted by Gasteiger charge is 2.26. The molecule has 0 bridgehead atoms. The van der Waals surface area contributed by atoms with E-state index in [1.165, 1.54) is 15.6 Å². The first kappa shape index (κ1) is 14.0. The lowest BCUT2D eigenvalue weighted by Crippen LogP contribution is -2.41. The van der Waals surface area contributed by atoms with Crippen LogP contribution in [-0.2, 0) is 4.74 Å². The van der Waals surface area contributed by atoms with E-state index in [2.05, 4.69) is 41.6 Å². The van der Waals surface area contributed by atoms with Crippen molar-refractivity contribution in [3.05, 3.63) is 35.2 Å². The van der Waals surface area contributed by atoms with Crippen molar-refractivity contribution in [1.29, 1.82) is 0 Å². The molecule has 0 saturated carbocycles. The van der Waals surface area contributed by atoms with E-state index in [9.17, 15) is 0 Å². The molecule has 1 saturated heterocycles. The van der Waals surface area contributed by atoms with Crippen molar-refractivity contribution in [1.82, 2.24) is 4.90 Å². The fourth-order valence-corrected chi connectivity index (χ4v) is 4.12. The van der Waals surface area contributed by atoms with E-state index < -0.39 is 0 Å². The number of ether oxygens (including phenoxy) is 1. The molecule has 1 unspecified atom stereocenters. The maximum Gasteiger partial charge on any atom is 0.0484 e. The fourth-order valence-electron chi connectivity index (χ4n) is 3.12. The van der Waals surface area contributed by atoms with Gasteiger partial charge < -0.3 is 10.5 Å². The van der Waals surface area contributed by atoms with E-state index in [-0.39, 0.29) is 0 Å². The number of hydrogen-bond donors (Lipinski definition) is 1. The average molecular weight is 290 g/mol. The lowest BCUT2D eigenvalue weighted by molar-refractivity contribution is 0.0296. The zero-order valence-corrected chi connectivity index (χ0v) is 12.7. The van der Waals surface area contributed by atoms with Crippen molar-refractivity contribution in [3.8, 4) is 0 Å². The number of benzene rings is 1. The third-order valence-electron chi connectivity index (χ3n) is 4.35. The van der Waals surface area contributed by atoms with E-state index in [1.807, 2.05) is 11.3 Å². The van der Waals surface area contributed by atoms with Gasteiger partial charge in [0.05, 0.1) is 0 Å². The summed E-state index contributed by atoms with van der Waals surface area (Å²) < 4.78 is 6.82. The zero-order chi connectivity index (χ0) is 13.9. The van der Waals surface area contributed by atoms with Gasteiger partial charge >= 0.3 is 0 Å². The molecule has 1 aliphatic heterocycles. The van der Waals surface area contributed by atoms with Gasteiger partial charge in [0.1, 0.15) is 0 Å². The minimum atomic E-state index is 0.300. The van der Waals surface area contributed by atoms with Crippen LogP contribution in [0.1, 0.15) is 24.4 Å². The van der Waals surface area contributed by atoms with Crippen molar-refractivity contribution in [2.45, 2.75) is 24.9 Å². The van der Waals surface area contributed by atoms with Crippen LogP contribution in [0.15, 0.2) is 29.6 Å². The Hall–Kier alpha value is -0.940. The number of nitrogens with two attached hydrogens (primary N) is 1. The van der Waals surface area contributed by atoms with Crippen LogP contribution in [-0.4, -0.2) is 37.7 Å². The van der Waals surface area contributed by atoms with Crippen LogP contribution < -0.4 is 5.73 Å². The molecule has 0 spiro atoms. The van der Waals surface area contributed by atoms with Crippen LogP contribution in [0.25, 0.3) is 10.1 Å². The zero-order valence-electron chi connectivity index (χ0n) is 11.9. The average Bonchev–Trinajstić information content (AvgIpc) is 2.93. The van der Waals surface area contributed by atoms with Gasteiger partial charge in [0.25, 0.3) is 0 Å². The molecular weight excluding hydrogens is 268 g/mol. The number of fused-ring (bicyclic) bond motifs is 1. The number of likely N-dealkylation sites (N-methyl/N-ethyl adjacent to an activating group) is 1. The molecule has 1 aliphatic rings. The van der Waals surface area contributed by atoms with Gasteiger partial charge in [-0.15, -0.1) is 11.3 Å². The van der Waals surface area contributed by atoms with Crippen LogP contribution in [0.2, 0.25) is 0 Å². The molecule has 2 heterocycles. The molecule has 1 aromatic heterocycles. The monoisotopic (exact) mass is 290 g/mol. The highest BCUT2D eigenvalue weighted by molar-refractivity contribution is 7.17. The van der Waals surface area contributed by atoms with Gasteiger partial charge in [-0.25, -0.2) is 0 Å². The minimum absolute atomic E-state index is 0.300. The minimum Gasteiger partial charge on any atom is -0.381 e. The van der Waals surface area contributed by atoms with Crippen molar-refractivity contribution < 1.29 is 4.74 Å². The first-order valence-electron chi connectivity index (χ1n) is 7.27. The van der Waals surface area contributed by atoms with E-state index in [1.54, 1.807) is 0 Å². The van der Waals surface area contributed by atoms with Crippen LogP contribution >= 0.6 is 11.3 Å². The molecule has 0 aliphatic carbocycles. The molecule has 108 valence electrons. The number of thiophene rings is 1. The summed E-state index contributed by atoms with van der Waals surface area (Å²) in [5.74, 6) is 0. The second-order valence-electron chi connectivity index (χ2n) is 5.45. The first-order valence-corrected chi connectivity index (χ1v) is 8.15. The third-order valence-corrected chi connectivity index (χ3v) is 5.33. The van der Waals surface area contributed by atoms with E-state index in [0.717, 1.165) is 26.1 Å². The van der Waals surface area contributed by atoms with E-state index in [0.29, 0.717) is 18.6 Å². The molecule has 3 rings (SSSR count). The summed E-state index contributed by atoms with van der Waals surface area (Å²) in [6.07, 6.45) is 2.21. The van der Waals surface area contributed by atoms with Crippen molar-refractivity contribution in [2.24, 2.45) is 5.73 Å². The lowest BCUT2D eigenvalue weighted by atomic mass is 10.00. The summed E-state index contributed by atoms with van der Waals surface area (Å²) >= 11 is 1.81. The second kappa shape index (κ2) is 6.22. The van der Waals surface area contributed by atoms with Gasteiger partial charge in [0.2, 0.25) is 0 Å². The van der Waals surface area contributed by atoms with Gasteiger partial charge in [0.15, 0.2) is 0 Å². The second-order valence-corrected chi connectivity index (χ2v) is 6.36. The Morgan fingerprint density at radius 1 is 1.35 bits per heavy atom. The van der Waals surface area contributed by atoms with Gasteiger partial charge in [0, 0.05) is 36.5 Å². The van der Waals surface area contributed by atoms with E-state index >= 15 is 0 Å². The smallest absolute Gasteiger partial charge is 0.0484 e. The number of nitrogens with zero attached hydrogens (tertiary/aromatic N) is 1. The fraction of sp³-hybridized carbons (Fsp3) is 0.500. The number of hydrogen-bond acceptors (Lipinski definition) is 4. The summed E-state index contributed by atoms with van der Waals surface area (Å²) in [5.41, 5.74) is 7.47. The number of rotatable bonds is 4. The van der Waals surface area contributed by atoms with E-state index in [4.69, 9.17) is 10.5 Å². The van der Waals surface area contributed by atoms with Crippen molar-refractivity contribution >= 4 is 21.4 Å². The van der Waals surface area contributed by atoms with Crippen LogP contribution in [0, 0.1) is 0 Å². The Kier molecular flexibility index (Phi) is 4.36. The van der Waals surface area contributed by atoms with Crippen LogP contribution in [0.5, 0.6) is 0 Å². The summed E-state index contributed by atoms with van der Waals surface area (Å²) in [6, 6.07) is 9.49. The largest absolute Gasteiger partial charge is 0.381 e. The Morgan fingerprint density at radius 2 is 2.10 bits per heavy atom. The van der Waals surface area contributed by atoms with Gasteiger partial charge in [-0.05, 0) is 42.3 Å². The van der Waals surface area contributed by atoms with Crippen molar-refractivity contribution in [3.63, 3.8) is 0 Å². The summed E-state index contributed by atoms with van der Waals surface area (Å²) in [5, 5.41) is 3.63. The topological polar surface area (TPSA) is 38.5 Å². The maximum absolute atomic E-state index is 6.09. The quantitative estimate of drug-likeness (QED) is 0.940. The highest BCUT2D eigenvalue weighted by atomic mass is 32.1. The first-order chi connectivity index (χ1) is 9.81. The molecular formula is C16H22N2OS. The molecule has 3 nitrogen and oxygen atoms in total.